The third-order valence-electron chi connectivity index (χ3n) is 4.13. The van der Waals surface area contributed by atoms with Crippen molar-refractivity contribution in [3.05, 3.63) is 54.0 Å². The zero-order valence-electron chi connectivity index (χ0n) is 13.2. The monoisotopic (exact) mass is 314 g/mol. The lowest BCUT2D eigenvalue weighted by Gasteiger charge is -2.26. The van der Waals surface area contributed by atoms with E-state index >= 15 is 0 Å². The smallest absolute Gasteiger partial charge is 0.281 e. The van der Waals surface area contributed by atoms with Crippen LogP contribution < -0.4 is 4.90 Å². The molecule has 1 saturated heterocycles. The van der Waals surface area contributed by atoms with Crippen LogP contribution in [-0.2, 0) is 4.79 Å². The van der Waals surface area contributed by atoms with Gasteiger partial charge in [0.05, 0.1) is 5.69 Å². The van der Waals surface area contributed by atoms with Crippen molar-refractivity contribution in [1.82, 2.24) is 4.90 Å². The van der Waals surface area contributed by atoms with Gasteiger partial charge in [-0.3, -0.25) is 9.69 Å². The quantitative estimate of drug-likeness (QED) is 0.795. The van der Waals surface area contributed by atoms with Crippen LogP contribution in [0, 0.1) is 11.7 Å². The number of nitrogens with zero attached hydrogens (tertiary/aromatic N) is 2. The van der Waals surface area contributed by atoms with E-state index in [1.807, 2.05) is 32.1 Å². The van der Waals surface area contributed by atoms with Gasteiger partial charge < -0.3 is 0 Å². The number of amides is 3. The first-order valence-corrected chi connectivity index (χ1v) is 7.80. The highest BCUT2D eigenvalue weighted by atomic mass is 19.1. The van der Waals surface area contributed by atoms with Crippen molar-refractivity contribution in [3.63, 3.8) is 0 Å². The maximum atomic E-state index is 14.1. The molecule has 120 valence electrons. The fourth-order valence-corrected chi connectivity index (χ4v) is 3.05. The van der Waals surface area contributed by atoms with Crippen molar-refractivity contribution in [3.8, 4) is 0 Å². The number of para-hydroxylation sites is 1. The molecule has 5 heteroatoms. The molecule has 1 heterocycles. The number of urea groups is 1. The van der Waals surface area contributed by atoms with Gasteiger partial charge >= 0.3 is 6.03 Å². The van der Waals surface area contributed by atoms with Gasteiger partial charge in [-0.05, 0) is 37.0 Å². The van der Waals surface area contributed by atoms with Crippen LogP contribution in [0.3, 0.4) is 0 Å². The van der Waals surface area contributed by atoms with E-state index < -0.39 is 17.9 Å². The minimum absolute atomic E-state index is 0.0102. The minimum atomic E-state index is -0.615. The van der Waals surface area contributed by atoms with Crippen LogP contribution in [0.5, 0.6) is 0 Å². The molecule has 0 radical (unpaired) electrons. The Labute approximate surface area is 134 Å². The average Bonchev–Trinajstić information content (AvgIpc) is 2.80. The van der Waals surface area contributed by atoms with Crippen LogP contribution in [0.4, 0.5) is 14.9 Å². The van der Waals surface area contributed by atoms with Gasteiger partial charge in [0.1, 0.15) is 11.9 Å². The van der Waals surface area contributed by atoms with Gasteiger partial charge in [-0.15, -0.1) is 0 Å². The summed E-state index contributed by atoms with van der Waals surface area (Å²) in [6.07, 6.45) is 7.54. The lowest BCUT2D eigenvalue weighted by atomic mass is 10.0. The molecule has 1 atom stereocenters. The highest BCUT2D eigenvalue weighted by Gasteiger charge is 2.49. The highest BCUT2D eigenvalue weighted by Crippen LogP contribution is 2.33. The van der Waals surface area contributed by atoms with Crippen LogP contribution in [0.25, 0.3) is 0 Å². The molecule has 0 spiro atoms. The molecule has 1 aliphatic carbocycles. The summed E-state index contributed by atoms with van der Waals surface area (Å²) in [5, 5.41) is 0. The van der Waals surface area contributed by atoms with Gasteiger partial charge in [-0.1, -0.05) is 38.1 Å². The number of halogens is 1. The van der Waals surface area contributed by atoms with Gasteiger partial charge in [0.25, 0.3) is 5.91 Å². The van der Waals surface area contributed by atoms with Gasteiger partial charge in [0, 0.05) is 5.70 Å². The molecule has 1 unspecified atom stereocenters. The number of carbonyl (C=O) groups is 2. The topological polar surface area (TPSA) is 40.6 Å². The second kappa shape index (κ2) is 5.99. The molecule has 1 aliphatic heterocycles. The zero-order chi connectivity index (χ0) is 16.6. The van der Waals surface area contributed by atoms with Crippen molar-refractivity contribution >= 4 is 17.6 Å². The highest BCUT2D eigenvalue weighted by molar-refractivity contribution is 6.22. The van der Waals surface area contributed by atoms with Crippen molar-refractivity contribution in [2.75, 3.05) is 4.90 Å². The summed E-state index contributed by atoms with van der Waals surface area (Å²) in [4.78, 5) is 28.1. The van der Waals surface area contributed by atoms with Gasteiger partial charge in [-0.2, -0.15) is 0 Å². The normalized spacial score (nSPS) is 21.4. The Balaban J connectivity index is 2.06. The van der Waals surface area contributed by atoms with Crippen LogP contribution in [0.1, 0.15) is 26.7 Å². The second-order valence-corrected chi connectivity index (χ2v) is 6.08. The predicted octanol–water partition coefficient (Wildman–Crippen LogP) is 3.85. The Morgan fingerprint density at radius 3 is 2.52 bits per heavy atom. The van der Waals surface area contributed by atoms with Crippen LogP contribution in [-0.4, -0.2) is 22.9 Å². The number of imide groups is 1. The largest absolute Gasteiger partial charge is 0.336 e. The number of carbonyl (C=O) groups excluding carboxylic acids is 2. The number of allylic oxidation sites excluding steroid dienone is 3. The summed E-state index contributed by atoms with van der Waals surface area (Å²) in [5.74, 6) is -1.03. The summed E-state index contributed by atoms with van der Waals surface area (Å²) in [6, 6.07) is 4.76. The fraction of sp³-hybridized carbons (Fsp3) is 0.333. The van der Waals surface area contributed by atoms with Crippen molar-refractivity contribution in [2.45, 2.75) is 32.7 Å². The first kappa shape index (κ1) is 15.5. The molecule has 3 amide bonds. The molecule has 1 fully saturated rings. The number of hydrogen-bond acceptors (Lipinski definition) is 2. The Kier molecular flexibility index (Phi) is 4.03. The number of anilines is 1. The number of benzene rings is 1. The fourth-order valence-electron chi connectivity index (χ4n) is 3.05. The predicted molar refractivity (Wildman–Crippen MR) is 86.2 cm³/mol. The van der Waals surface area contributed by atoms with E-state index in [2.05, 4.69) is 0 Å². The first-order valence-electron chi connectivity index (χ1n) is 7.80. The summed E-state index contributed by atoms with van der Waals surface area (Å²) >= 11 is 0. The van der Waals surface area contributed by atoms with E-state index in [0.717, 1.165) is 17.7 Å². The SMILES string of the molecule is CC(C)C1C(=O)N(c2ccccc2F)C(=O)N1C1=CCCC=C1. The van der Waals surface area contributed by atoms with Crippen molar-refractivity contribution in [1.29, 1.82) is 0 Å². The van der Waals surface area contributed by atoms with Crippen molar-refractivity contribution in [2.24, 2.45) is 5.92 Å². The molecule has 1 aromatic rings. The third-order valence-corrected chi connectivity index (χ3v) is 4.13. The Morgan fingerprint density at radius 1 is 1.17 bits per heavy atom. The molecule has 0 saturated carbocycles. The van der Waals surface area contributed by atoms with E-state index in [4.69, 9.17) is 0 Å². The third kappa shape index (κ3) is 2.56. The zero-order valence-corrected chi connectivity index (χ0v) is 13.2. The van der Waals surface area contributed by atoms with E-state index in [-0.39, 0.29) is 17.5 Å². The summed E-state index contributed by atoms with van der Waals surface area (Å²) in [6.45, 7) is 3.78. The summed E-state index contributed by atoms with van der Waals surface area (Å²) < 4.78 is 14.1. The van der Waals surface area contributed by atoms with Crippen molar-refractivity contribution < 1.29 is 14.0 Å². The molecule has 23 heavy (non-hydrogen) atoms. The lowest BCUT2D eigenvalue weighted by molar-refractivity contribution is -0.120. The number of hydrogen-bond donors (Lipinski definition) is 0. The number of rotatable bonds is 3. The van der Waals surface area contributed by atoms with E-state index in [0.29, 0.717) is 5.70 Å². The van der Waals surface area contributed by atoms with E-state index in [9.17, 15) is 14.0 Å². The maximum Gasteiger partial charge on any atom is 0.336 e. The second-order valence-electron chi connectivity index (χ2n) is 6.08. The average molecular weight is 314 g/mol. The lowest BCUT2D eigenvalue weighted by Crippen LogP contribution is -2.38. The first-order chi connectivity index (χ1) is 11.0. The Bertz CT molecular complexity index is 709. The maximum absolute atomic E-state index is 14.1. The molecule has 0 aromatic heterocycles. The Morgan fingerprint density at radius 2 is 1.91 bits per heavy atom. The molecular formula is C18H19FN2O2. The van der Waals surface area contributed by atoms with Crippen LogP contribution in [0.15, 0.2) is 48.2 Å². The minimum Gasteiger partial charge on any atom is -0.281 e. The standard InChI is InChI=1S/C18H19FN2O2/c1-12(2)16-17(22)21(15-11-7-6-10-14(15)19)18(23)20(16)13-8-4-3-5-9-13/h4,6-12,16H,3,5H2,1-2H3. The molecule has 1 aromatic carbocycles. The van der Waals surface area contributed by atoms with Gasteiger partial charge in [0.2, 0.25) is 0 Å². The molecule has 2 aliphatic rings. The van der Waals surface area contributed by atoms with E-state index in [1.54, 1.807) is 6.07 Å². The van der Waals surface area contributed by atoms with Crippen LogP contribution in [0.2, 0.25) is 0 Å². The Hall–Kier alpha value is -2.43. The molecule has 4 nitrogen and oxygen atoms in total. The molecular weight excluding hydrogens is 295 g/mol. The summed E-state index contributed by atoms with van der Waals surface area (Å²) in [7, 11) is 0. The van der Waals surface area contributed by atoms with Gasteiger partial charge in [-0.25, -0.2) is 14.1 Å². The molecule has 0 bridgehead atoms. The molecule has 3 rings (SSSR count). The van der Waals surface area contributed by atoms with Crippen LogP contribution >= 0.6 is 0 Å². The van der Waals surface area contributed by atoms with Gasteiger partial charge in [0.15, 0.2) is 0 Å². The van der Waals surface area contributed by atoms with E-state index in [1.165, 1.54) is 23.1 Å². The molecule has 0 N–H and O–H groups in total. The summed E-state index contributed by atoms with van der Waals surface area (Å²) in [5.41, 5.74) is 0.725.